The van der Waals surface area contributed by atoms with Gasteiger partial charge >= 0.3 is 6.03 Å². The SMILES string of the molecule is CC1NNC(C)C1CCN(C)C(=O)Nc1ccc(-n2cnnn2)cc1. The molecule has 0 saturated carbocycles. The highest BCUT2D eigenvalue weighted by Crippen LogP contribution is 2.19. The standard InChI is InChI=1S/C16H24N8O/c1-11-15(12(2)20-19-11)8-9-23(3)16(25)18-13-4-6-14(7-5-13)24-10-17-21-22-24/h4-7,10-12,15,19-20H,8-9H2,1-3H3,(H,18,25). The smallest absolute Gasteiger partial charge is 0.321 e. The number of anilines is 1. The van der Waals surface area contributed by atoms with Crippen molar-refractivity contribution in [3.63, 3.8) is 0 Å². The van der Waals surface area contributed by atoms with Gasteiger partial charge in [0.05, 0.1) is 5.69 Å². The predicted molar refractivity (Wildman–Crippen MR) is 94.1 cm³/mol. The van der Waals surface area contributed by atoms with E-state index in [1.165, 1.54) is 6.33 Å². The van der Waals surface area contributed by atoms with E-state index in [1.54, 1.807) is 9.58 Å². The highest BCUT2D eigenvalue weighted by atomic mass is 16.2. The lowest BCUT2D eigenvalue weighted by Crippen LogP contribution is -2.35. The topological polar surface area (TPSA) is 100 Å². The second-order valence-corrected chi connectivity index (χ2v) is 6.47. The molecule has 1 aliphatic heterocycles. The van der Waals surface area contributed by atoms with E-state index >= 15 is 0 Å². The molecule has 0 aliphatic carbocycles. The number of amides is 2. The Morgan fingerprint density at radius 2 is 1.92 bits per heavy atom. The third-order valence-electron chi connectivity index (χ3n) is 4.70. The molecular weight excluding hydrogens is 320 g/mol. The van der Waals surface area contributed by atoms with Gasteiger partial charge in [-0.25, -0.2) is 9.48 Å². The van der Waals surface area contributed by atoms with E-state index in [-0.39, 0.29) is 6.03 Å². The zero-order valence-electron chi connectivity index (χ0n) is 14.7. The van der Waals surface area contributed by atoms with Gasteiger partial charge in [0.15, 0.2) is 0 Å². The first kappa shape index (κ1) is 17.3. The summed E-state index contributed by atoms with van der Waals surface area (Å²) in [4.78, 5) is 14.1. The lowest BCUT2D eigenvalue weighted by atomic mass is 9.93. The van der Waals surface area contributed by atoms with Crippen LogP contribution in [-0.4, -0.2) is 56.8 Å². The van der Waals surface area contributed by atoms with Crippen LogP contribution in [0.1, 0.15) is 20.3 Å². The average molecular weight is 344 g/mol. The summed E-state index contributed by atoms with van der Waals surface area (Å²) in [6.45, 7) is 5.03. The number of aromatic nitrogens is 4. The number of carbonyl (C=O) groups excluding carboxylic acids is 1. The van der Waals surface area contributed by atoms with Crippen molar-refractivity contribution in [1.82, 2.24) is 36.0 Å². The molecule has 25 heavy (non-hydrogen) atoms. The van der Waals surface area contributed by atoms with Crippen LogP contribution in [0, 0.1) is 5.92 Å². The lowest BCUT2D eigenvalue weighted by Gasteiger charge is -2.23. The van der Waals surface area contributed by atoms with Crippen LogP contribution >= 0.6 is 0 Å². The minimum atomic E-state index is -0.116. The molecule has 1 aromatic carbocycles. The Morgan fingerprint density at radius 1 is 1.24 bits per heavy atom. The Labute approximate surface area is 146 Å². The first-order valence-corrected chi connectivity index (χ1v) is 8.41. The molecule has 134 valence electrons. The molecule has 2 heterocycles. The highest BCUT2D eigenvalue weighted by Gasteiger charge is 2.29. The van der Waals surface area contributed by atoms with Gasteiger partial charge in [-0.3, -0.25) is 10.9 Å². The zero-order chi connectivity index (χ0) is 17.8. The van der Waals surface area contributed by atoms with Gasteiger partial charge in [-0.05, 0) is 60.9 Å². The number of nitrogens with zero attached hydrogens (tertiary/aromatic N) is 5. The summed E-state index contributed by atoms with van der Waals surface area (Å²) in [5, 5.41) is 13.9. The second-order valence-electron chi connectivity index (χ2n) is 6.47. The Morgan fingerprint density at radius 3 is 2.52 bits per heavy atom. The molecule has 9 heteroatoms. The summed E-state index contributed by atoms with van der Waals surface area (Å²) >= 11 is 0. The van der Waals surface area contributed by atoms with Crippen LogP contribution in [0.3, 0.4) is 0 Å². The van der Waals surface area contributed by atoms with Gasteiger partial charge in [-0.1, -0.05) is 0 Å². The Bertz CT molecular complexity index is 677. The van der Waals surface area contributed by atoms with Crippen LogP contribution in [-0.2, 0) is 0 Å². The van der Waals surface area contributed by atoms with Crippen LogP contribution in [0.2, 0.25) is 0 Å². The molecule has 0 radical (unpaired) electrons. The fourth-order valence-corrected chi connectivity index (χ4v) is 3.05. The third kappa shape index (κ3) is 4.12. The quantitative estimate of drug-likeness (QED) is 0.749. The van der Waals surface area contributed by atoms with Crippen LogP contribution in [0.4, 0.5) is 10.5 Å². The molecule has 2 aromatic rings. The summed E-state index contributed by atoms with van der Waals surface area (Å²) in [5.74, 6) is 0.505. The summed E-state index contributed by atoms with van der Waals surface area (Å²) in [6, 6.07) is 8.07. The Kier molecular flexibility index (Phi) is 5.25. The molecule has 9 nitrogen and oxygen atoms in total. The zero-order valence-corrected chi connectivity index (χ0v) is 14.7. The highest BCUT2D eigenvalue weighted by molar-refractivity contribution is 5.89. The molecule has 1 aliphatic rings. The van der Waals surface area contributed by atoms with E-state index in [0.717, 1.165) is 17.8 Å². The number of tetrazole rings is 1. The van der Waals surface area contributed by atoms with Crippen molar-refractivity contribution in [2.75, 3.05) is 18.9 Å². The maximum Gasteiger partial charge on any atom is 0.321 e. The normalized spacial score (nSPS) is 22.8. The van der Waals surface area contributed by atoms with Crippen molar-refractivity contribution in [3.8, 4) is 5.69 Å². The van der Waals surface area contributed by atoms with Gasteiger partial charge in [0, 0.05) is 31.4 Å². The van der Waals surface area contributed by atoms with Crippen LogP contribution < -0.4 is 16.2 Å². The number of benzene rings is 1. The Hall–Kier alpha value is -2.52. The molecular formula is C16H24N8O. The summed E-state index contributed by atoms with van der Waals surface area (Å²) in [6.07, 6.45) is 2.47. The van der Waals surface area contributed by atoms with Crippen molar-refractivity contribution in [1.29, 1.82) is 0 Å². The largest absolute Gasteiger partial charge is 0.328 e. The minimum absolute atomic E-state index is 0.116. The molecule has 3 N–H and O–H groups in total. The van der Waals surface area contributed by atoms with E-state index < -0.39 is 0 Å². The number of hydrazine groups is 1. The predicted octanol–water partition coefficient (Wildman–Crippen LogP) is 1.02. The number of hydrogen-bond acceptors (Lipinski definition) is 6. The van der Waals surface area contributed by atoms with Gasteiger partial charge in [0.1, 0.15) is 6.33 Å². The molecule has 0 spiro atoms. The van der Waals surface area contributed by atoms with Crippen molar-refractivity contribution < 1.29 is 4.79 Å². The number of nitrogens with one attached hydrogen (secondary N) is 3. The average Bonchev–Trinajstić information content (AvgIpc) is 3.24. The molecule has 2 atom stereocenters. The monoisotopic (exact) mass is 344 g/mol. The maximum atomic E-state index is 12.3. The van der Waals surface area contributed by atoms with Crippen LogP contribution in [0.5, 0.6) is 0 Å². The number of rotatable bonds is 5. The molecule has 1 fully saturated rings. The van der Waals surface area contributed by atoms with Crippen molar-refractivity contribution in [2.45, 2.75) is 32.4 Å². The van der Waals surface area contributed by atoms with E-state index in [2.05, 4.69) is 45.5 Å². The second kappa shape index (κ2) is 7.58. The van der Waals surface area contributed by atoms with Crippen molar-refractivity contribution >= 4 is 11.7 Å². The summed E-state index contributed by atoms with van der Waals surface area (Å²) in [5.41, 5.74) is 8.06. The lowest BCUT2D eigenvalue weighted by molar-refractivity contribution is 0.217. The number of hydrogen-bond donors (Lipinski definition) is 3. The molecule has 2 unspecified atom stereocenters. The van der Waals surface area contributed by atoms with Gasteiger partial charge in [-0.15, -0.1) is 5.10 Å². The molecule has 1 aromatic heterocycles. The van der Waals surface area contributed by atoms with E-state index in [9.17, 15) is 4.79 Å². The van der Waals surface area contributed by atoms with Crippen molar-refractivity contribution in [3.05, 3.63) is 30.6 Å². The minimum Gasteiger partial charge on any atom is -0.328 e. The molecule has 0 bridgehead atoms. The fraction of sp³-hybridized carbons (Fsp3) is 0.500. The van der Waals surface area contributed by atoms with Gasteiger partial charge in [0.25, 0.3) is 0 Å². The van der Waals surface area contributed by atoms with Gasteiger partial charge in [-0.2, -0.15) is 0 Å². The van der Waals surface area contributed by atoms with E-state index in [4.69, 9.17) is 0 Å². The van der Waals surface area contributed by atoms with E-state index in [0.29, 0.717) is 24.5 Å². The molecule has 2 amide bonds. The van der Waals surface area contributed by atoms with Gasteiger partial charge in [0.2, 0.25) is 0 Å². The maximum absolute atomic E-state index is 12.3. The molecule has 3 rings (SSSR count). The summed E-state index contributed by atoms with van der Waals surface area (Å²) < 4.78 is 1.56. The first-order valence-electron chi connectivity index (χ1n) is 8.41. The number of urea groups is 1. The van der Waals surface area contributed by atoms with Crippen LogP contribution in [0.25, 0.3) is 5.69 Å². The third-order valence-corrected chi connectivity index (χ3v) is 4.70. The number of carbonyl (C=O) groups is 1. The van der Waals surface area contributed by atoms with Gasteiger partial charge < -0.3 is 10.2 Å². The van der Waals surface area contributed by atoms with Crippen LogP contribution in [0.15, 0.2) is 30.6 Å². The first-order chi connectivity index (χ1) is 12.0. The molecule has 1 saturated heterocycles. The van der Waals surface area contributed by atoms with E-state index in [1.807, 2.05) is 31.3 Å². The van der Waals surface area contributed by atoms with Crippen molar-refractivity contribution in [2.24, 2.45) is 5.92 Å². The summed E-state index contributed by atoms with van der Waals surface area (Å²) in [7, 11) is 1.82. The fourth-order valence-electron chi connectivity index (χ4n) is 3.05. The Balaban J connectivity index is 1.51.